The van der Waals surface area contributed by atoms with Crippen LogP contribution in [0.4, 0.5) is 0 Å². The Balaban J connectivity index is 1.83. The highest BCUT2D eigenvalue weighted by Crippen LogP contribution is 2.24. The van der Waals surface area contributed by atoms with Crippen molar-refractivity contribution >= 4 is 5.97 Å². The maximum atomic E-state index is 10.8. The predicted molar refractivity (Wildman–Crippen MR) is 76.3 cm³/mol. The van der Waals surface area contributed by atoms with E-state index in [1.54, 1.807) is 12.1 Å². The van der Waals surface area contributed by atoms with Gasteiger partial charge in [0.05, 0.1) is 5.56 Å². The van der Waals surface area contributed by atoms with Gasteiger partial charge in [-0.2, -0.15) is 0 Å². The molecule has 0 bridgehead atoms. The standard InChI is InChI=1S/C16H23NO2/c1-17(11-13-5-3-2-4-6-13)12-14-7-9-15(10-8-14)16(18)19/h7-10,13H,2-6,11-12H2,1H3,(H,18,19). The van der Waals surface area contributed by atoms with Gasteiger partial charge in [0.1, 0.15) is 0 Å². The summed E-state index contributed by atoms with van der Waals surface area (Å²) in [5, 5.41) is 8.86. The van der Waals surface area contributed by atoms with E-state index in [0.29, 0.717) is 5.56 Å². The highest BCUT2D eigenvalue weighted by molar-refractivity contribution is 5.87. The molecule has 1 saturated carbocycles. The lowest BCUT2D eigenvalue weighted by Crippen LogP contribution is -2.26. The topological polar surface area (TPSA) is 40.5 Å². The molecule has 1 aromatic rings. The third kappa shape index (κ3) is 4.35. The fourth-order valence-electron chi connectivity index (χ4n) is 2.94. The summed E-state index contributed by atoms with van der Waals surface area (Å²) in [5.74, 6) is -0.0147. The summed E-state index contributed by atoms with van der Waals surface area (Å²) in [6.45, 7) is 2.05. The van der Waals surface area contributed by atoms with Gasteiger partial charge in [0.15, 0.2) is 0 Å². The van der Waals surface area contributed by atoms with Crippen LogP contribution in [-0.4, -0.2) is 29.6 Å². The lowest BCUT2D eigenvalue weighted by molar-refractivity contribution is 0.0697. The summed E-state index contributed by atoms with van der Waals surface area (Å²) in [4.78, 5) is 13.1. The van der Waals surface area contributed by atoms with E-state index in [0.717, 1.165) is 19.0 Å². The number of rotatable bonds is 5. The Labute approximate surface area is 115 Å². The van der Waals surface area contributed by atoms with Crippen molar-refractivity contribution in [3.63, 3.8) is 0 Å². The summed E-state index contributed by atoms with van der Waals surface area (Å²) in [6, 6.07) is 7.21. The Hall–Kier alpha value is -1.35. The first kappa shape index (κ1) is 14.1. The SMILES string of the molecule is CN(Cc1ccc(C(=O)O)cc1)CC1CCCCC1. The molecule has 1 aliphatic rings. The van der Waals surface area contributed by atoms with Crippen LogP contribution in [0.5, 0.6) is 0 Å². The molecule has 0 saturated heterocycles. The van der Waals surface area contributed by atoms with Crippen LogP contribution in [0, 0.1) is 5.92 Å². The Morgan fingerprint density at radius 1 is 1.21 bits per heavy atom. The molecule has 104 valence electrons. The molecule has 1 aromatic carbocycles. The van der Waals surface area contributed by atoms with Crippen molar-refractivity contribution in [2.45, 2.75) is 38.6 Å². The maximum absolute atomic E-state index is 10.8. The van der Waals surface area contributed by atoms with Crippen LogP contribution in [0.2, 0.25) is 0 Å². The highest BCUT2D eigenvalue weighted by Gasteiger charge is 2.15. The quantitative estimate of drug-likeness (QED) is 0.883. The van der Waals surface area contributed by atoms with Crippen LogP contribution in [0.1, 0.15) is 48.0 Å². The molecular weight excluding hydrogens is 238 g/mol. The molecule has 3 heteroatoms. The van der Waals surface area contributed by atoms with Gasteiger partial charge in [-0.15, -0.1) is 0 Å². The number of carboxylic acids is 1. The molecule has 0 aliphatic heterocycles. The van der Waals surface area contributed by atoms with E-state index in [1.165, 1.54) is 37.7 Å². The van der Waals surface area contributed by atoms with Crippen molar-refractivity contribution in [1.82, 2.24) is 4.90 Å². The molecule has 0 heterocycles. The Kier molecular flexibility index (Phi) is 4.97. The minimum absolute atomic E-state index is 0.360. The lowest BCUT2D eigenvalue weighted by atomic mass is 9.89. The number of carboxylic acid groups (broad SMARTS) is 1. The fourth-order valence-corrected chi connectivity index (χ4v) is 2.94. The molecule has 1 aliphatic carbocycles. The summed E-state index contributed by atoms with van der Waals surface area (Å²) in [7, 11) is 2.15. The molecule has 0 radical (unpaired) electrons. The lowest BCUT2D eigenvalue weighted by Gasteiger charge is -2.27. The smallest absolute Gasteiger partial charge is 0.335 e. The van der Waals surface area contributed by atoms with E-state index in [1.807, 2.05) is 12.1 Å². The second kappa shape index (κ2) is 6.71. The molecule has 1 N–H and O–H groups in total. The van der Waals surface area contributed by atoms with E-state index in [-0.39, 0.29) is 0 Å². The van der Waals surface area contributed by atoms with E-state index in [9.17, 15) is 4.79 Å². The van der Waals surface area contributed by atoms with Gasteiger partial charge in [-0.05, 0) is 43.5 Å². The molecule has 19 heavy (non-hydrogen) atoms. The molecule has 0 spiro atoms. The monoisotopic (exact) mass is 261 g/mol. The van der Waals surface area contributed by atoms with Crippen LogP contribution < -0.4 is 0 Å². The van der Waals surface area contributed by atoms with Gasteiger partial charge in [-0.25, -0.2) is 4.79 Å². The second-order valence-corrected chi connectivity index (χ2v) is 5.70. The molecule has 0 unspecified atom stereocenters. The van der Waals surface area contributed by atoms with E-state index in [4.69, 9.17) is 5.11 Å². The van der Waals surface area contributed by atoms with Crippen LogP contribution in [0.3, 0.4) is 0 Å². The molecule has 0 aromatic heterocycles. The van der Waals surface area contributed by atoms with E-state index in [2.05, 4.69) is 11.9 Å². The third-order valence-corrected chi connectivity index (χ3v) is 3.95. The van der Waals surface area contributed by atoms with Gasteiger partial charge in [-0.3, -0.25) is 0 Å². The zero-order valence-corrected chi connectivity index (χ0v) is 11.6. The van der Waals surface area contributed by atoms with Crippen LogP contribution >= 0.6 is 0 Å². The Morgan fingerprint density at radius 2 is 1.84 bits per heavy atom. The van der Waals surface area contributed by atoms with Gasteiger partial charge in [-0.1, -0.05) is 31.4 Å². The number of aromatic carboxylic acids is 1. The van der Waals surface area contributed by atoms with Crippen molar-refractivity contribution in [3.8, 4) is 0 Å². The molecular formula is C16H23NO2. The predicted octanol–water partition coefficient (Wildman–Crippen LogP) is 3.40. The van der Waals surface area contributed by atoms with Crippen LogP contribution in [-0.2, 0) is 6.54 Å². The minimum atomic E-state index is -0.859. The molecule has 2 rings (SSSR count). The first-order valence-electron chi connectivity index (χ1n) is 7.16. The summed E-state index contributed by atoms with van der Waals surface area (Å²) in [5.41, 5.74) is 1.54. The van der Waals surface area contributed by atoms with E-state index >= 15 is 0 Å². The Morgan fingerprint density at radius 3 is 2.42 bits per heavy atom. The molecule has 0 amide bonds. The summed E-state index contributed by atoms with van der Waals surface area (Å²) >= 11 is 0. The molecule has 0 atom stereocenters. The maximum Gasteiger partial charge on any atom is 0.335 e. The number of carbonyl (C=O) groups is 1. The van der Waals surface area contributed by atoms with Gasteiger partial charge in [0.2, 0.25) is 0 Å². The first-order valence-corrected chi connectivity index (χ1v) is 7.16. The first-order chi connectivity index (χ1) is 9.15. The number of hydrogen-bond acceptors (Lipinski definition) is 2. The van der Waals surface area contributed by atoms with Crippen molar-refractivity contribution in [1.29, 1.82) is 0 Å². The average molecular weight is 261 g/mol. The average Bonchev–Trinajstić information content (AvgIpc) is 2.40. The van der Waals surface area contributed by atoms with Gasteiger partial charge in [0.25, 0.3) is 0 Å². The van der Waals surface area contributed by atoms with Gasteiger partial charge in [0, 0.05) is 13.1 Å². The van der Waals surface area contributed by atoms with Crippen LogP contribution in [0.25, 0.3) is 0 Å². The van der Waals surface area contributed by atoms with Crippen LogP contribution in [0.15, 0.2) is 24.3 Å². The zero-order valence-electron chi connectivity index (χ0n) is 11.6. The van der Waals surface area contributed by atoms with E-state index < -0.39 is 5.97 Å². The largest absolute Gasteiger partial charge is 0.478 e. The highest BCUT2D eigenvalue weighted by atomic mass is 16.4. The van der Waals surface area contributed by atoms with Crippen molar-refractivity contribution < 1.29 is 9.90 Å². The zero-order chi connectivity index (χ0) is 13.7. The fraction of sp³-hybridized carbons (Fsp3) is 0.562. The number of hydrogen-bond donors (Lipinski definition) is 1. The number of benzene rings is 1. The van der Waals surface area contributed by atoms with Gasteiger partial charge < -0.3 is 10.0 Å². The minimum Gasteiger partial charge on any atom is -0.478 e. The second-order valence-electron chi connectivity index (χ2n) is 5.70. The van der Waals surface area contributed by atoms with Gasteiger partial charge >= 0.3 is 5.97 Å². The summed E-state index contributed by atoms with van der Waals surface area (Å²) < 4.78 is 0. The van der Waals surface area contributed by atoms with Crippen molar-refractivity contribution in [2.75, 3.05) is 13.6 Å². The number of nitrogens with zero attached hydrogens (tertiary/aromatic N) is 1. The Bertz CT molecular complexity index is 407. The molecule has 1 fully saturated rings. The molecule has 3 nitrogen and oxygen atoms in total. The summed E-state index contributed by atoms with van der Waals surface area (Å²) in [6.07, 6.45) is 6.89. The van der Waals surface area contributed by atoms with Crippen molar-refractivity contribution in [3.05, 3.63) is 35.4 Å². The van der Waals surface area contributed by atoms with Crippen molar-refractivity contribution in [2.24, 2.45) is 5.92 Å². The normalized spacial score (nSPS) is 16.7. The third-order valence-electron chi connectivity index (χ3n) is 3.95.